The summed E-state index contributed by atoms with van der Waals surface area (Å²) in [7, 11) is 0. The van der Waals surface area contributed by atoms with Gasteiger partial charge in [0, 0.05) is 31.2 Å². The summed E-state index contributed by atoms with van der Waals surface area (Å²) < 4.78 is 11.8. The molecule has 1 aromatic heterocycles. The Labute approximate surface area is 143 Å². The fourth-order valence-corrected chi connectivity index (χ4v) is 3.30. The van der Waals surface area contributed by atoms with Crippen LogP contribution in [0.4, 0.5) is 0 Å². The summed E-state index contributed by atoms with van der Waals surface area (Å²) in [6.07, 6.45) is 5.81. The predicted molar refractivity (Wildman–Crippen MR) is 93.5 cm³/mol. The molecule has 0 bridgehead atoms. The van der Waals surface area contributed by atoms with Crippen LogP contribution in [-0.4, -0.2) is 30.1 Å². The number of ether oxygens (including phenoxy) is 1. The van der Waals surface area contributed by atoms with Crippen LogP contribution >= 0.6 is 0 Å². The van der Waals surface area contributed by atoms with Crippen molar-refractivity contribution >= 4 is 0 Å². The molecule has 1 unspecified atom stereocenters. The van der Waals surface area contributed by atoms with Gasteiger partial charge < -0.3 is 14.5 Å². The van der Waals surface area contributed by atoms with Gasteiger partial charge in [0.25, 0.3) is 0 Å². The molecule has 1 aliphatic heterocycles. The number of likely N-dealkylation sites (tertiary alicyclic amines) is 1. The van der Waals surface area contributed by atoms with Gasteiger partial charge in [-0.05, 0) is 30.9 Å². The van der Waals surface area contributed by atoms with E-state index in [9.17, 15) is 0 Å². The molecule has 128 valence electrons. The van der Waals surface area contributed by atoms with E-state index in [1.807, 2.05) is 6.07 Å². The highest BCUT2D eigenvalue weighted by molar-refractivity contribution is 5.16. The Morgan fingerprint density at radius 1 is 1.12 bits per heavy atom. The van der Waals surface area contributed by atoms with Crippen LogP contribution in [0.15, 0.2) is 47.1 Å². The molecule has 2 heterocycles. The molecule has 1 saturated heterocycles. The predicted octanol–water partition coefficient (Wildman–Crippen LogP) is 3.32. The molecule has 0 amide bonds. The van der Waals surface area contributed by atoms with Crippen molar-refractivity contribution in [2.24, 2.45) is 0 Å². The van der Waals surface area contributed by atoms with Crippen molar-refractivity contribution in [1.82, 2.24) is 10.2 Å². The lowest BCUT2D eigenvalue weighted by Gasteiger charge is -2.16. The molecule has 1 N–H and O–H groups in total. The standard InChI is InChI=1S/C20H26N2O2/c1-2-4-16(5-3-1)13-22-10-8-19(14-22)24-15-17-9-11-23-20(17)12-21-18-6-7-18/h1-5,9,11,18-19,21H,6-8,10,12-15H2. The second kappa shape index (κ2) is 7.51. The van der Waals surface area contributed by atoms with Crippen LogP contribution in [0.5, 0.6) is 0 Å². The zero-order valence-electron chi connectivity index (χ0n) is 14.1. The summed E-state index contributed by atoms with van der Waals surface area (Å²) in [5.74, 6) is 1.03. The number of rotatable bonds is 8. The van der Waals surface area contributed by atoms with Crippen molar-refractivity contribution in [3.05, 3.63) is 59.5 Å². The van der Waals surface area contributed by atoms with Crippen molar-refractivity contribution in [1.29, 1.82) is 0 Å². The summed E-state index contributed by atoms with van der Waals surface area (Å²) in [4.78, 5) is 2.48. The van der Waals surface area contributed by atoms with Crippen molar-refractivity contribution in [2.75, 3.05) is 13.1 Å². The molecule has 1 saturated carbocycles. The number of hydrogen-bond acceptors (Lipinski definition) is 4. The second-order valence-electron chi connectivity index (χ2n) is 6.97. The molecule has 0 radical (unpaired) electrons. The summed E-state index contributed by atoms with van der Waals surface area (Å²) in [5.41, 5.74) is 2.56. The van der Waals surface area contributed by atoms with Crippen molar-refractivity contribution < 1.29 is 9.15 Å². The van der Waals surface area contributed by atoms with Crippen LogP contribution in [0, 0.1) is 0 Å². The Morgan fingerprint density at radius 2 is 2.00 bits per heavy atom. The molecular weight excluding hydrogens is 300 g/mol. The second-order valence-corrected chi connectivity index (χ2v) is 6.97. The van der Waals surface area contributed by atoms with Gasteiger partial charge in [0.1, 0.15) is 5.76 Å². The monoisotopic (exact) mass is 326 g/mol. The average molecular weight is 326 g/mol. The first kappa shape index (κ1) is 15.9. The number of furan rings is 1. The number of hydrogen-bond donors (Lipinski definition) is 1. The smallest absolute Gasteiger partial charge is 0.123 e. The Morgan fingerprint density at radius 3 is 2.83 bits per heavy atom. The molecular formula is C20H26N2O2. The van der Waals surface area contributed by atoms with Crippen molar-refractivity contribution in [2.45, 2.75) is 51.1 Å². The molecule has 4 heteroatoms. The van der Waals surface area contributed by atoms with E-state index in [-0.39, 0.29) is 0 Å². The van der Waals surface area contributed by atoms with Gasteiger partial charge in [-0.3, -0.25) is 4.90 Å². The molecule has 2 fully saturated rings. The van der Waals surface area contributed by atoms with Gasteiger partial charge in [-0.1, -0.05) is 30.3 Å². The molecule has 24 heavy (non-hydrogen) atoms. The minimum absolute atomic E-state index is 0.327. The third kappa shape index (κ3) is 4.26. The number of benzene rings is 1. The molecule has 1 atom stereocenters. The van der Waals surface area contributed by atoms with Gasteiger partial charge in [-0.2, -0.15) is 0 Å². The SMILES string of the molecule is c1ccc(CN2CCC(OCc3ccoc3CNC3CC3)C2)cc1. The van der Waals surface area contributed by atoms with Crippen LogP contribution < -0.4 is 5.32 Å². The van der Waals surface area contributed by atoms with Crippen LogP contribution in [0.3, 0.4) is 0 Å². The molecule has 0 spiro atoms. The van der Waals surface area contributed by atoms with Gasteiger partial charge in [-0.25, -0.2) is 0 Å². The van der Waals surface area contributed by atoms with Crippen molar-refractivity contribution in [3.63, 3.8) is 0 Å². The quantitative estimate of drug-likeness (QED) is 0.807. The fourth-order valence-electron chi connectivity index (χ4n) is 3.30. The highest BCUT2D eigenvalue weighted by Crippen LogP contribution is 2.22. The summed E-state index contributed by atoms with van der Waals surface area (Å²) in [6.45, 7) is 4.62. The van der Waals surface area contributed by atoms with Crippen LogP contribution in [-0.2, 0) is 24.4 Å². The Hall–Kier alpha value is -1.62. The van der Waals surface area contributed by atoms with E-state index in [0.29, 0.717) is 18.8 Å². The van der Waals surface area contributed by atoms with Gasteiger partial charge in [0.2, 0.25) is 0 Å². The third-order valence-corrected chi connectivity index (χ3v) is 4.92. The normalized spacial score (nSPS) is 21.4. The minimum atomic E-state index is 0.327. The fraction of sp³-hybridized carbons (Fsp3) is 0.500. The zero-order valence-corrected chi connectivity index (χ0v) is 14.1. The van der Waals surface area contributed by atoms with Crippen LogP contribution in [0.1, 0.15) is 36.1 Å². The third-order valence-electron chi connectivity index (χ3n) is 4.92. The largest absolute Gasteiger partial charge is 0.468 e. The van der Waals surface area contributed by atoms with E-state index in [4.69, 9.17) is 9.15 Å². The van der Waals surface area contributed by atoms with E-state index < -0.39 is 0 Å². The average Bonchev–Trinajstić information content (AvgIpc) is 3.15. The molecule has 4 nitrogen and oxygen atoms in total. The highest BCUT2D eigenvalue weighted by atomic mass is 16.5. The maximum atomic E-state index is 6.15. The molecule has 1 aliphatic carbocycles. The van der Waals surface area contributed by atoms with E-state index in [1.54, 1.807) is 6.26 Å². The van der Waals surface area contributed by atoms with Gasteiger partial charge in [0.05, 0.1) is 25.5 Å². The molecule has 2 aliphatic rings. The highest BCUT2D eigenvalue weighted by Gasteiger charge is 2.24. The van der Waals surface area contributed by atoms with E-state index in [2.05, 4.69) is 40.5 Å². The molecule has 4 rings (SSSR count). The first-order valence-corrected chi connectivity index (χ1v) is 9.03. The molecule has 2 aromatic rings. The van der Waals surface area contributed by atoms with E-state index >= 15 is 0 Å². The van der Waals surface area contributed by atoms with E-state index in [1.165, 1.54) is 24.0 Å². The summed E-state index contributed by atoms with van der Waals surface area (Å²) >= 11 is 0. The Balaban J connectivity index is 1.23. The first-order valence-electron chi connectivity index (χ1n) is 9.03. The zero-order chi connectivity index (χ0) is 16.2. The van der Waals surface area contributed by atoms with Gasteiger partial charge in [0.15, 0.2) is 0 Å². The van der Waals surface area contributed by atoms with Crippen molar-refractivity contribution in [3.8, 4) is 0 Å². The first-order chi connectivity index (χ1) is 11.9. The lowest BCUT2D eigenvalue weighted by atomic mass is 10.2. The van der Waals surface area contributed by atoms with Crippen LogP contribution in [0.2, 0.25) is 0 Å². The molecule has 1 aromatic carbocycles. The van der Waals surface area contributed by atoms with E-state index in [0.717, 1.165) is 38.4 Å². The Kier molecular flexibility index (Phi) is 4.97. The Bertz CT molecular complexity index is 636. The number of nitrogens with zero attached hydrogens (tertiary/aromatic N) is 1. The van der Waals surface area contributed by atoms with Gasteiger partial charge in [-0.15, -0.1) is 0 Å². The maximum absolute atomic E-state index is 6.15. The minimum Gasteiger partial charge on any atom is -0.468 e. The van der Waals surface area contributed by atoms with Gasteiger partial charge >= 0.3 is 0 Å². The van der Waals surface area contributed by atoms with Crippen LogP contribution in [0.25, 0.3) is 0 Å². The summed E-state index contributed by atoms with van der Waals surface area (Å²) in [6, 6.07) is 13.4. The summed E-state index contributed by atoms with van der Waals surface area (Å²) in [5, 5.41) is 3.50. The number of nitrogens with one attached hydrogen (secondary N) is 1. The topological polar surface area (TPSA) is 37.6 Å². The lowest BCUT2D eigenvalue weighted by Crippen LogP contribution is -2.23. The maximum Gasteiger partial charge on any atom is 0.123 e. The lowest BCUT2D eigenvalue weighted by molar-refractivity contribution is 0.0453.